The molecule has 1 aliphatic rings. The maximum absolute atomic E-state index is 13.3. The van der Waals surface area contributed by atoms with Crippen molar-refractivity contribution in [2.45, 2.75) is 66.1 Å². The van der Waals surface area contributed by atoms with Crippen LogP contribution in [0.25, 0.3) is 0 Å². The van der Waals surface area contributed by atoms with Gasteiger partial charge in [-0.2, -0.15) is 0 Å². The third-order valence-corrected chi connectivity index (χ3v) is 5.45. The van der Waals surface area contributed by atoms with E-state index in [4.69, 9.17) is 74.3 Å². The Bertz CT molecular complexity index is 694. The summed E-state index contributed by atoms with van der Waals surface area (Å²) < 4.78 is 2.03. The largest absolute Gasteiger partial charge is 0.499 e. The van der Waals surface area contributed by atoms with Crippen molar-refractivity contribution in [1.82, 2.24) is 10.2 Å². The van der Waals surface area contributed by atoms with E-state index in [1.165, 1.54) is 13.2 Å². The summed E-state index contributed by atoms with van der Waals surface area (Å²) in [6.07, 6.45) is 1.38. The first kappa shape index (κ1) is 27.9. The molecule has 0 aromatic carbocycles. The molecule has 0 saturated carbocycles. The normalized spacial score (nSPS) is 18.9. The molecule has 1 rings (SSSR count). The number of hydrogen-bond acceptors (Lipinski definition) is 4. The zero-order chi connectivity index (χ0) is 23.5. The molecule has 3 amide bonds. The van der Waals surface area contributed by atoms with E-state index in [1.807, 2.05) is 0 Å². The molecule has 1 aliphatic heterocycles. The Labute approximate surface area is 206 Å². The van der Waals surface area contributed by atoms with Crippen LogP contribution in [0.15, 0.2) is 11.8 Å². The minimum absolute atomic E-state index is 0.000421. The van der Waals surface area contributed by atoms with E-state index in [0.29, 0.717) is 0 Å². The average Bonchev–Trinajstić information content (AvgIpc) is 2.89. The highest BCUT2D eigenvalue weighted by atomic mass is 35.6. The molecule has 1 N–H and O–H groups in total. The molecular formula is C18H24Cl6N2O4. The van der Waals surface area contributed by atoms with Gasteiger partial charge in [-0.1, -0.05) is 90.4 Å². The van der Waals surface area contributed by atoms with Gasteiger partial charge in [0.2, 0.25) is 5.91 Å². The summed E-state index contributed by atoms with van der Waals surface area (Å²) >= 11 is 35.0. The van der Waals surface area contributed by atoms with Crippen LogP contribution in [0.4, 0.5) is 0 Å². The molecule has 0 bridgehead atoms. The maximum atomic E-state index is 13.3. The predicted octanol–water partition coefficient (Wildman–Crippen LogP) is 5.09. The second-order valence-electron chi connectivity index (χ2n) is 7.90. The quantitative estimate of drug-likeness (QED) is 0.453. The number of imide groups is 1. The van der Waals surface area contributed by atoms with Gasteiger partial charge in [0, 0.05) is 11.5 Å². The number of nitrogens with one attached hydrogen (secondary N) is 1. The molecule has 0 spiro atoms. The Kier molecular flexibility index (Phi) is 9.93. The fourth-order valence-electron chi connectivity index (χ4n) is 2.71. The number of ether oxygens (including phenoxy) is 1. The molecule has 0 aromatic rings. The number of hydrogen-bond donors (Lipinski definition) is 1. The molecule has 12 heteroatoms. The lowest BCUT2D eigenvalue weighted by atomic mass is 9.94. The zero-order valence-electron chi connectivity index (χ0n) is 16.9. The van der Waals surface area contributed by atoms with Crippen molar-refractivity contribution < 1.29 is 19.1 Å². The van der Waals surface area contributed by atoms with Crippen LogP contribution < -0.4 is 5.32 Å². The maximum Gasteiger partial charge on any atom is 0.257 e. The van der Waals surface area contributed by atoms with E-state index < -0.39 is 42.8 Å². The van der Waals surface area contributed by atoms with Crippen molar-refractivity contribution in [2.24, 2.45) is 5.41 Å². The summed E-state index contributed by atoms with van der Waals surface area (Å²) in [4.78, 5) is 39.4. The first-order valence-corrected chi connectivity index (χ1v) is 11.3. The van der Waals surface area contributed by atoms with Gasteiger partial charge in [0.25, 0.3) is 11.8 Å². The molecule has 0 fully saturated rings. The molecule has 0 aliphatic carbocycles. The van der Waals surface area contributed by atoms with Gasteiger partial charge in [-0.25, -0.2) is 0 Å². The number of methoxy groups -OCH3 is 1. The minimum atomic E-state index is -1.63. The first-order chi connectivity index (χ1) is 13.5. The molecule has 0 radical (unpaired) electrons. The van der Waals surface area contributed by atoms with Crippen LogP contribution >= 0.6 is 69.6 Å². The van der Waals surface area contributed by atoms with E-state index in [0.717, 1.165) is 4.90 Å². The Balaban J connectivity index is 3.16. The molecule has 30 heavy (non-hydrogen) atoms. The van der Waals surface area contributed by atoms with E-state index in [1.54, 1.807) is 20.8 Å². The van der Waals surface area contributed by atoms with Gasteiger partial charge in [0.1, 0.15) is 11.8 Å². The van der Waals surface area contributed by atoms with Crippen LogP contribution in [-0.2, 0) is 19.1 Å². The second kappa shape index (κ2) is 10.7. The standard InChI is InChI=1S/C18H24Cl6N2O4/c1-16(2,3)15(29)25-10(5-7-17(19,20)21)14(28)26-11(6-8-18(22,23)24)12(30-4)9-13(26)27/h9-11H,5-8H2,1-4H3,(H,25,29)/t10-,11-/m1/s1. The van der Waals surface area contributed by atoms with Crippen LogP contribution in [0.3, 0.4) is 0 Å². The topological polar surface area (TPSA) is 75.7 Å². The van der Waals surface area contributed by atoms with E-state index >= 15 is 0 Å². The number of alkyl halides is 6. The smallest absolute Gasteiger partial charge is 0.257 e. The minimum Gasteiger partial charge on any atom is -0.499 e. The lowest BCUT2D eigenvalue weighted by Gasteiger charge is -2.31. The van der Waals surface area contributed by atoms with Gasteiger partial charge in [-0.3, -0.25) is 19.3 Å². The predicted molar refractivity (Wildman–Crippen MR) is 121 cm³/mol. The van der Waals surface area contributed by atoms with Gasteiger partial charge in [-0.15, -0.1) is 0 Å². The fourth-order valence-corrected chi connectivity index (χ4v) is 3.36. The summed E-state index contributed by atoms with van der Waals surface area (Å²) in [7, 11) is 1.37. The summed E-state index contributed by atoms with van der Waals surface area (Å²) in [5.74, 6) is -1.40. The molecule has 6 nitrogen and oxygen atoms in total. The molecule has 0 aromatic heterocycles. The number of carbonyl (C=O) groups excluding carboxylic acids is 3. The SMILES string of the molecule is COC1=CC(=O)N(C(=O)[C@@H](CCC(Cl)(Cl)Cl)NC(=O)C(C)(C)C)[C@@H]1CCC(Cl)(Cl)Cl. The van der Waals surface area contributed by atoms with Gasteiger partial charge < -0.3 is 10.1 Å². The summed E-state index contributed by atoms with van der Waals surface area (Å²) in [6.45, 7) is 5.07. The Morgan fingerprint density at radius 2 is 1.63 bits per heavy atom. The molecule has 0 unspecified atom stereocenters. The molecule has 172 valence electrons. The van der Waals surface area contributed by atoms with Gasteiger partial charge in [0.05, 0.1) is 13.2 Å². The Morgan fingerprint density at radius 1 is 1.10 bits per heavy atom. The zero-order valence-corrected chi connectivity index (χ0v) is 21.4. The summed E-state index contributed by atoms with van der Waals surface area (Å²) in [5.41, 5.74) is -0.779. The van der Waals surface area contributed by atoms with Crippen molar-refractivity contribution in [3.8, 4) is 0 Å². The van der Waals surface area contributed by atoms with E-state index in [9.17, 15) is 14.4 Å². The molecule has 1 heterocycles. The Morgan fingerprint density at radius 3 is 2.07 bits per heavy atom. The highest BCUT2D eigenvalue weighted by Gasteiger charge is 2.43. The van der Waals surface area contributed by atoms with E-state index in [2.05, 4.69) is 5.32 Å². The second-order valence-corrected chi connectivity index (χ2v) is 12.9. The van der Waals surface area contributed by atoms with E-state index in [-0.39, 0.29) is 31.4 Å². The highest BCUT2D eigenvalue weighted by molar-refractivity contribution is 6.67. The average molecular weight is 545 g/mol. The van der Waals surface area contributed by atoms with Gasteiger partial charge >= 0.3 is 0 Å². The van der Waals surface area contributed by atoms with Crippen LogP contribution in [-0.4, -0.2) is 49.4 Å². The van der Waals surface area contributed by atoms with Crippen molar-refractivity contribution in [1.29, 1.82) is 0 Å². The van der Waals surface area contributed by atoms with Crippen LogP contribution in [0.5, 0.6) is 0 Å². The number of halogens is 6. The monoisotopic (exact) mass is 542 g/mol. The number of carbonyl (C=O) groups is 3. The van der Waals surface area contributed by atoms with Crippen molar-refractivity contribution in [2.75, 3.05) is 7.11 Å². The highest BCUT2D eigenvalue weighted by Crippen LogP contribution is 2.36. The van der Waals surface area contributed by atoms with Crippen LogP contribution in [0.1, 0.15) is 46.5 Å². The first-order valence-electron chi connectivity index (χ1n) is 9.03. The van der Waals surface area contributed by atoms with Crippen molar-refractivity contribution >= 4 is 87.3 Å². The lowest BCUT2D eigenvalue weighted by Crippen LogP contribution is -2.54. The van der Waals surface area contributed by atoms with Crippen molar-refractivity contribution in [3.63, 3.8) is 0 Å². The summed E-state index contributed by atoms with van der Waals surface area (Å²) in [6, 6.07) is -1.89. The lowest BCUT2D eigenvalue weighted by molar-refractivity contribution is -0.147. The van der Waals surface area contributed by atoms with Crippen molar-refractivity contribution in [3.05, 3.63) is 11.8 Å². The van der Waals surface area contributed by atoms with Crippen LogP contribution in [0, 0.1) is 5.41 Å². The molecule has 0 saturated heterocycles. The van der Waals surface area contributed by atoms with Gasteiger partial charge in [-0.05, 0) is 25.7 Å². The molecular weight excluding hydrogens is 521 g/mol. The van der Waals surface area contributed by atoms with Gasteiger partial charge in [0.15, 0.2) is 7.59 Å². The fraction of sp³-hybridized carbons (Fsp3) is 0.722. The number of rotatable bonds is 7. The van der Waals surface area contributed by atoms with Crippen LogP contribution in [0.2, 0.25) is 0 Å². The Hall–Kier alpha value is -0.110. The summed E-state index contributed by atoms with van der Waals surface area (Å²) in [5, 5.41) is 2.65. The third kappa shape index (κ3) is 8.79. The number of amides is 3. The number of nitrogens with zero attached hydrogens (tertiary/aromatic N) is 1. The third-order valence-electron chi connectivity index (χ3n) is 4.32. The molecule has 2 atom stereocenters.